The van der Waals surface area contributed by atoms with Crippen LogP contribution in [0.2, 0.25) is 0 Å². The summed E-state index contributed by atoms with van der Waals surface area (Å²) in [7, 11) is 1.60. The van der Waals surface area contributed by atoms with Crippen LogP contribution in [0, 0.1) is 6.92 Å². The van der Waals surface area contributed by atoms with Crippen LogP contribution in [-0.4, -0.2) is 80.5 Å². The number of amides is 1. The summed E-state index contributed by atoms with van der Waals surface area (Å²) in [5.74, 6) is 0.610. The Bertz CT molecular complexity index is 684. The van der Waals surface area contributed by atoms with E-state index < -0.39 is 6.04 Å². The molecule has 2 aliphatic heterocycles. The van der Waals surface area contributed by atoms with E-state index in [4.69, 9.17) is 0 Å². The summed E-state index contributed by atoms with van der Waals surface area (Å²) in [6.07, 6.45) is 5.88. The molecule has 0 spiro atoms. The number of hydrogen-bond donors (Lipinski definition) is 3. The average molecular weight is 403 g/mol. The highest BCUT2D eigenvalue weighted by molar-refractivity contribution is 5.76. The molecule has 3 N–H and O–H groups in total. The van der Waals surface area contributed by atoms with Crippen molar-refractivity contribution in [2.45, 2.75) is 44.7 Å². The fraction of sp³-hybridized carbons (Fsp3) is 0.667. The lowest BCUT2D eigenvalue weighted by molar-refractivity contribution is -0.120. The Balaban J connectivity index is 1.54. The zero-order chi connectivity index (χ0) is 20.6. The van der Waals surface area contributed by atoms with Gasteiger partial charge in [0.1, 0.15) is 12.1 Å². The van der Waals surface area contributed by atoms with Crippen LogP contribution in [0.25, 0.3) is 0 Å². The Morgan fingerprint density at radius 3 is 2.66 bits per heavy atom. The second-order valence-corrected chi connectivity index (χ2v) is 7.96. The van der Waals surface area contributed by atoms with Crippen LogP contribution in [0.5, 0.6) is 0 Å². The Morgan fingerprint density at radius 2 is 2.03 bits per heavy atom. The van der Waals surface area contributed by atoms with Crippen molar-refractivity contribution in [1.82, 2.24) is 20.5 Å². The Labute approximate surface area is 173 Å². The molecule has 8 heteroatoms. The third kappa shape index (κ3) is 5.90. The van der Waals surface area contributed by atoms with Crippen molar-refractivity contribution in [2.75, 3.05) is 56.5 Å². The number of piperazine rings is 1. The first kappa shape index (κ1) is 21.5. The number of aryl methyl sites for hydroxylation is 1. The minimum atomic E-state index is -0.417. The van der Waals surface area contributed by atoms with Gasteiger partial charge in [0.25, 0.3) is 0 Å². The van der Waals surface area contributed by atoms with E-state index in [1.54, 1.807) is 7.05 Å². The molecule has 0 bridgehead atoms. The maximum Gasteiger partial charge on any atom is 0.219 e. The molecule has 2 fully saturated rings. The number of anilines is 2. The molecule has 0 aliphatic carbocycles. The quantitative estimate of drug-likeness (QED) is 0.554. The zero-order valence-electron chi connectivity index (χ0n) is 17.6. The molecule has 1 unspecified atom stereocenters. The summed E-state index contributed by atoms with van der Waals surface area (Å²) in [5, 5.41) is 9.14. The monoisotopic (exact) mass is 402 g/mol. The molecular weight excluding hydrogens is 368 g/mol. The van der Waals surface area contributed by atoms with Gasteiger partial charge in [0.05, 0.1) is 17.9 Å². The largest absolute Gasteiger partial charge is 0.370 e. The molecule has 8 nitrogen and oxygen atoms in total. The number of rotatable bonds is 8. The first-order valence-electron chi connectivity index (χ1n) is 10.7. The van der Waals surface area contributed by atoms with Gasteiger partial charge in [-0.05, 0) is 37.8 Å². The van der Waals surface area contributed by atoms with Gasteiger partial charge in [-0.2, -0.15) is 0 Å². The minimum Gasteiger partial charge on any atom is -0.370 e. The SMILES string of the molecule is CNC(=O)CCC(C=O)Nc1cc(C)c(N2CCC(N3CCNCC3)CC2)cn1. The van der Waals surface area contributed by atoms with Crippen molar-refractivity contribution in [1.29, 1.82) is 0 Å². The number of nitrogens with one attached hydrogen (secondary N) is 3. The van der Waals surface area contributed by atoms with Crippen LogP contribution in [-0.2, 0) is 9.59 Å². The minimum absolute atomic E-state index is 0.0673. The van der Waals surface area contributed by atoms with Crippen LogP contribution < -0.4 is 20.9 Å². The Kier molecular flexibility index (Phi) is 7.83. The molecule has 1 aromatic rings. The van der Waals surface area contributed by atoms with Gasteiger partial charge in [-0.25, -0.2) is 4.98 Å². The number of aromatic nitrogens is 1. The van der Waals surface area contributed by atoms with Gasteiger partial charge in [0.15, 0.2) is 0 Å². The van der Waals surface area contributed by atoms with Crippen molar-refractivity contribution in [3.05, 3.63) is 17.8 Å². The van der Waals surface area contributed by atoms with E-state index >= 15 is 0 Å². The van der Waals surface area contributed by atoms with E-state index in [9.17, 15) is 9.59 Å². The summed E-state index contributed by atoms with van der Waals surface area (Å²) in [4.78, 5) is 32.3. The van der Waals surface area contributed by atoms with Gasteiger partial charge < -0.3 is 25.6 Å². The molecule has 1 amide bonds. The highest BCUT2D eigenvalue weighted by atomic mass is 16.1. The second kappa shape index (κ2) is 10.5. The number of hydrogen-bond acceptors (Lipinski definition) is 7. The molecule has 1 atom stereocenters. The smallest absolute Gasteiger partial charge is 0.219 e. The Morgan fingerprint density at radius 1 is 1.31 bits per heavy atom. The van der Waals surface area contributed by atoms with E-state index in [2.05, 4.69) is 37.7 Å². The number of nitrogens with zero attached hydrogens (tertiary/aromatic N) is 3. The van der Waals surface area contributed by atoms with Gasteiger partial charge in [0.2, 0.25) is 5.91 Å². The summed E-state index contributed by atoms with van der Waals surface area (Å²) in [6.45, 7) is 8.70. The van der Waals surface area contributed by atoms with Crippen molar-refractivity contribution in [3.63, 3.8) is 0 Å². The third-order valence-electron chi connectivity index (χ3n) is 6.02. The summed E-state index contributed by atoms with van der Waals surface area (Å²) >= 11 is 0. The van der Waals surface area contributed by atoms with Crippen molar-refractivity contribution < 1.29 is 9.59 Å². The molecule has 29 heavy (non-hydrogen) atoms. The second-order valence-electron chi connectivity index (χ2n) is 7.96. The standard InChI is InChI=1S/C21H34N6O2/c1-16-13-20(25-17(15-28)3-4-21(29)22-2)24-14-19(16)27-9-5-18(6-10-27)26-11-7-23-8-12-26/h13-15,17-18,23H,3-12H2,1-2H3,(H,22,29)(H,24,25). The summed E-state index contributed by atoms with van der Waals surface area (Å²) < 4.78 is 0. The highest BCUT2D eigenvalue weighted by Crippen LogP contribution is 2.26. The number of carbonyl (C=O) groups is 2. The molecule has 0 saturated carbocycles. The maximum atomic E-state index is 11.4. The first-order chi connectivity index (χ1) is 14.1. The van der Waals surface area contributed by atoms with Crippen LogP contribution in [0.15, 0.2) is 12.3 Å². The van der Waals surface area contributed by atoms with Gasteiger partial charge in [-0.3, -0.25) is 9.69 Å². The normalized spacial score (nSPS) is 19.6. The predicted molar refractivity (Wildman–Crippen MR) is 115 cm³/mol. The maximum absolute atomic E-state index is 11.4. The fourth-order valence-corrected chi connectivity index (χ4v) is 4.25. The molecule has 3 heterocycles. The molecule has 3 rings (SSSR count). The van der Waals surface area contributed by atoms with Gasteiger partial charge in [0, 0.05) is 58.8 Å². The van der Waals surface area contributed by atoms with Crippen LogP contribution in [0.4, 0.5) is 11.5 Å². The number of carbonyl (C=O) groups excluding carboxylic acids is 2. The van der Waals surface area contributed by atoms with E-state index in [0.29, 0.717) is 24.7 Å². The predicted octanol–water partition coefficient (Wildman–Crippen LogP) is 0.770. The van der Waals surface area contributed by atoms with Gasteiger partial charge in [-0.1, -0.05) is 0 Å². The van der Waals surface area contributed by atoms with E-state index in [1.807, 2.05) is 12.3 Å². The van der Waals surface area contributed by atoms with Crippen molar-refractivity contribution in [3.8, 4) is 0 Å². The molecule has 2 aliphatic rings. The van der Waals surface area contributed by atoms with E-state index in [0.717, 1.165) is 51.1 Å². The zero-order valence-corrected chi connectivity index (χ0v) is 17.6. The Hall–Kier alpha value is -2.19. The highest BCUT2D eigenvalue weighted by Gasteiger charge is 2.26. The summed E-state index contributed by atoms with van der Waals surface area (Å²) in [6, 6.07) is 2.27. The fourth-order valence-electron chi connectivity index (χ4n) is 4.25. The van der Waals surface area contributed by atoms with Crippen LogP contribution in [0.1, 0.15) is 31.2 Å². The molecule has 160 valence electrons. The van der Waals surface area contributed by atoms with Crippen LogP contribution in [0.3, 0.4) is 0 Å². The lowest BCUT2D eigenvalue weighted by atomic mass is 10.0. The summed E-state index contributed by atoms with van der Waals surface area (Å²) in [5.41, 5.74) is 2.32. The van der Waals surface area contributed by atoms with Gasteiger partial charge in [-0.15, -0.1) is 0 Å². The topological polar surface area (TPSA) is 89.6 Å². The van der Waals surface area contributed by atoms with Crippen molar-refractivity contribution in [2.24, 2.45) is 0 Å². The van der Waals surface area contributed by atoms with Crippen LogP contribution >= 0.6 is 0 Å². The lowest BCUT2D eigenvalue weighted by Gasteiger charge is -2.41. The van der Waals surface area contributed by atoms with E-state index in [1.165, 1.54) is 18.5 Å². The van der Waals surface area contributed by atoms with Gasteiger partial charge >= 0.3 is 0 Å². The average Bonchev–Trinajstić information content (AvgIpc) is 2.77. The third-order valence-corrected chi connectivity index (χ3v) is 6.02. The lowest BCUT2D eigenvalue weighted by Crippen LogP contribution is -2.52. The van der Waals surface area contributed by atoms with Crippen molar-refractivity contribution >= 4 is 23.7 Å². The number of aldehydes is 1. The molecule has 0 aromatic carbocycles. The molecule has 1 aromatic heterocycles. The molecule has 0 radical (unpaired) electrons. The van der Waals surface area contributed by atoms with E-state index in [-0.39, 0.29) is 5.91 Å². The number of piperidine rings is 1. The first-order valence-corrected chi connectivity index (χ1v) is 10.7. The molecular formula is C21H34N6O2. The molecule has 2 saturated heterocycles. The number of pyridine rings is 1.